The number of benzene rings is 2. The first-order valence-electron chi connectivity index (χ1n) is 12.7. The van der Waals surface area contributed by atoms with E-state index in [1.165, 1.54) is 32.2 Å². The molecule has 2 aliphatic rings. The van der Waals surface area contributed by atoms with E-state index >= 15 is 4.39 Å². The van der Waals surface area contributed by atoms with Crippen LogP contribution in [0.5, 0.6) is 0 Å². The van der Waals surface area contributed by atoms with E-state index in [4.69, 9.17) is 5.73 Å². The highest BCUT2D eigenvalue weighted by Gasteiger charge is 2.67. The number of rotatable bonds is 6. The van der Waals surface area contributed by atoms with Crippen molar-refractivity contribution >= 4 is 31.8 Å². The maximum absolute atomic E-state index is 15.6. The second-order valence-electron chi connectivity index (χ2n) is 10.3. The smallest absolute Gasteiger partial charge is 0.247 e. The van der Waals surface area contributed by atoms with Gasteiger partial charge in [0.25, 0.3) is 0 Å². The molecule has 2 atom stereocenters. The van der Waals surface area contributed by atoms with Gasteiger partial charge in [0.1, 0.15) is 33.4 Å². The minimum Gasteiger partial charge on any atom is -0.369 e. The highest BCUT2D eigenvalue weighted by molar-refractivity contribution is 7.91. The topological polar surface area (TPSA) is 143 Å². The average Bonchev–Trinajstić information content (AvgIpc) is 3.42. The van der Waals surface area contributed by atoms with Gasteiger partial charge in [-0.1, -0.05) is 6.07 Å². The zero-order valence-electron chi connectivity index (χ0n) is 22.5. The van der Waals surface area contributed by atoms with Gasteiger partial charge in [0, 0.05) is 32.1 Å². The Labute approximate surface area is 240 Å². The summed E-state index contributed by atoms with van der Waals surface area (Å²) in [6.07, 6.45) is 0.349. The lowest BCUT2D eigenvalue weighted by atomic mass is 9.77. The van der Waals surface area contributed by atoms with E-state index in [0.29, 0.717) is 0 Å². The molecule has 1 aromatic heterocycles. The lowest BCUT2D eigenvalue weighted by molar-refractivity contribution is 0.0988. The molecule has 15 heteroatoms. The summed E-state index contributed by atoms with van der Waals surface area (Å²) in [6, 6.07) is 10.1. The van der Waals surface area contributed by atoms with Crippen LogP contribution in [0.15, 0.2) is 70.7 Å². The number of halogens is 3. The molecule has 0 aliphatic carbocycles. The molecule has 1 spiro atoms. The Morgan fingerprint density at radius 2 is 1.71 bits per heavy atom. The average molecular weight is 622 g/mol. The van der Waals surface area contributed by atoms with E-state index in [0.717, 1.165) is 51.2 Å². The van der Waals surface area contributed by atoms with Crippen LogP contribution in [0.2, 0.25) is 0 Å². The lowest BCUT2D eigenvalue weighted by Gasteiger charge is -2.48. The summed E-state index contributed by atoms with van der Waals surface area (Å²) in [4.78, 5) is 20.8. The van der Waals surface area contributed by atoms with Gasteiger partial charge < -0.3 is 5.73 Å². The van der Waals surface area contributed by atoms with Gasteiger partial charge in [0.2, 0.25) is 26.0 Å². The first kappa shape index (κ1) is 29.7. The molecule has 2 N–H and O–H groups in total. The van der Waals surface area contributed by atoms with E-state index in [1.807, 2.05) is 0 Å². The number of ketones is 1. The molecular weight excluding hydrogens is 595 g/mol. The van der Waals surface area contributed by atoms with Crippen molar-refractivity contribution < 1.29 is 34.8 Å². The lowest BCUT2D eigenvalue weighted by Crippen LogP contribution is -2.66. The Balaban J connectivity index is 1.60. The molecular formula is C27H26F3N5O5S2. The minimum atomic E-state index is -4.46. The number of sulfonamides is 2. The normalized spacial score (nSPS) is 24.1. The van der Waals surface area contributed by atoms with Gasteiger partial charge in [-0.25, -0.2) is 39.3 Å². The Morgan fingerprint density at radius 1 is 1.05 bits per heavy atom. The Bertz CT molecular complexity index is 1820. The summed E-state index contributed by atoms with van der Waals surface area (Å²) in [6.45, 7) is 0.507. The van der Waals surface area contributed by atoms with Gasteiger partial charge in [-0.05, 0) is 67.4 Å². The fraction of sp³-hybridized carbons (Fsp3) is 0.296. The summed E-state index contributed by atoms with van der Waals surface area (Å²) in [5.74, 6) is -3.04. The Morgan fingerprint density at radius 3 is 2.36 bits per heavy atom. The maximum Gasteiger partial charge on any atom is 0.247 e. The van der Waals surface area contributed by atoms with Crippen molar-refractivity contribution in [2.24, 2.45) is 10.7 Å². The van der Waals surface area contributed by atoms with Crippen LogP contribution in [-0.4, -0.2) is 67.1 Å². The zero-order valence-corrected chi connectivity index (χ0v) is 24.1. The molecule has 0 saturated carbocycles. The van der Waals surface area contributed by atoms with Crippen molar-refractivity contribution in [3.05, 3.63) is 95.1 Å². The van der Waals surface area contributed by atoms with E-state index in [2.05, 4.69) is 9.98 Å². The highest BCUT2D eigenvalue weighted by atomic mass is 32.2. The number of Topliss-reactive ketones (excluding diaryl/α,β-unsaturated/α-hetero) is 1. The van der Waals surface area contributed by atoms with Gasteiger partial charge in [-0.2, -0.15) is 4.31 Å². The second kappa shape index (κ2) is 10.2. The van der Waals surface area contributed by atoms with Crippen molar-refractivity contribution in [1.29, 1.82) is 0 Å². The van der Waals surface area contributed by atoms with Crippen molar-refractivity contribution in [2.75, 3.05) is 20.1 Å². The molecule has 0 amide bonds. The SMILES string of the molecule is CN1C(N)=N[C@](C)(c2cc(CC(=O)c3ccc(F)cn3)ccc2F)[C@]2(CCN(S(=O)(=O)c3ccc(F)cc3)C2)S1(=O)=O. The molecule has 0 radical (unpaired) electrons. The summed E-state index contributed by atoms with van der Waals surface area (Å²) >= 11 is 0. The molecule has 5 rings (SSSR count). The number of pyridine rings is 1. The third-order valence-corrected chi connectivity index (χ3v) is 12.5. The van der Waals surface area contributed by atoms with Gasteiger partial charge in [0.15, 0.2) is 5.78 Å². The maximum atomic E-state index is 15.6. The fourth-order valence-electron chi connectivity index (χ4n) is 5.53. The quantitative estimate of drug-likeness (QED) is 0.417. The van der Waals surface area contributed by atoms with Crippen LogP contribution in [-0.2, 0) is 32.0 Å². The molecule has 222 valence electrons. The Hall–Kier alpha value is -3.82. The number of aliphatic imine (C=N–C) groups is 1. The summed E-state index contributed by atoms with van der Waals surface area (Å²) < 4.78 is 97.1. The van der Waals surface area contributed by atoms with Crippen LogP contribution in [0.1, 0.15) is 35.0 Å². The number of nitrogens with zero attached hydrogens (tertiary/aromatic N) is 4. The summed E-state index contributed by atoms with van der Waals surface area (Å²) in [5, 5.41) is 0. The second-order valence-corrected chi connectivity index (χ2v) is 14.5. The molecule has 1 saturated heterocycles. The summed E-state index contributed by atoms with van der Waals surface area (Å²) in [5.41, 5.74) is 4.14. The van der Waals surface area contributed by atoms with Crippen molar-refractivity contribution in [3.8, 4) is 0 Å². The number of aromatic nitrogens is 1. The van der Waals surface area contributed by atoms with Gasteiger partial charge >= 0.3 is 0 Å². The molecule has 2 aromatic carbocycles. The third kappa shape index (κ3) is 4.55. The number of guanidine groups is 1. The van der Waals surface area contributed by atoms with Crippen LogP contribution in [0.4, 0.5) is 13.2 Å². The molecule has 3 aromatic rings. The van der Waals surface area contributed by atoms with Crippen LogP contribution in [0.25, 0.3) is 0 Å². The highest BCUT2D eigenvalue weighted by Crippen LogP contribution is 2.52. The van der Waals surface area contributed by atoms with Crippen LogP contribution in [0.3, 0.4) is 0 Å². The number of carbonyl (C=O) groups is 1. The van der Waals surface area contributed by atoms with Gasteiger partial charge in [-0.15, -0.1) is 0 Å². The van der Waals surface area contributed by atoms with Crippen LogP contribution < -0.4 is 5.73 Å². The van der Waals surface area contributed by atoms with E-state index in [-0.39, 0.29) is 41.1 Å². The summed E-state index contributed by atoms with van der Waals surface area (Å²) in [7, 11) is -7.56. The molecule has 10 nitrogen and oxygen atoms in total. The van der Waals surface area contributed by atoms with Gasteiger partial charge in [0.05, 0.1) is 11.1 Å². The monoisotopic (exact) mass is 621 g/mol. The van der Waals surface area contributed by atoms with Crippen LogP contribution in [0, 0.1) is 17.5 Å². The number of nitrogens with two attached hydrogens (primary N) is 1. The van der Waals surface area contributed by atoms with E-state index in [9.17, 15) is 30.4 Å². The molecule has 0 unspecified atom stereocenters. The van der Waals surface area contributed by atoms with Gasteiger partial charge in [-0.3, -0.25) is 9.78 Å². The van der Waals surface area contributed by atoms with E-state index in [1.54, 1.807) is 0 Å². The molecule has 42 heavy (non-hydrogen) atoms. The number of hydrogen-bond acceptors (Lipinski definition) is 8. The number of carbonyl (C=O) groups excluding carboxylic acids is 1. The predicted octanol–water partition coefficient (Wildman–Crippen LogP) is 2.56. The molecule has 0 bridgehead atoms. The minimum absolute atomic E-state index is 0.0217. The Kier molecular flexibility index (Phi) is 7.18. The van der Waals surface area contributed by atoms with Crippen LogP contribution >= 0.6 is 0 Å². The van der Waals surface area contributed by atoms with Crippen molar-refractivity contribution in [1.82, 2.24) is 13.6 Å². The van der Waals surface area contributed by atoms with Crippen molar-refractivity contribution in [3.63, 3.8) is 0 Å². The standard InChI is InChI=1S/C27H26F3N5O5S2/c1-26(21-13-17(3-9-22(21)30)14-24(36)23-10-6-19(29)15-32-23)27(42(39,40)34(2)25(31)33-26)11-12-35(16-27)41(37,38)20-7-4-18(28)5-8-20/h3-10,13,15H,11-12,14,16H2,1-2H3,(H2,31,33)/t26-,27-/m1/s1. The first-order valence-corrected chi connectivity index (χ1v) is 15.5. The molecule has 1 fully saturated rings. The predicted molar refractivity (Wildman–Crippen MR) is 147 cm³/mol. The first-order chi connectivity index (χ1) is 19.6. The zero-order chi connectivity index (χ0) is 30.7. The van der Waals surface area contributed by atoms with E-state index < -0.39 is 66.1 Å². The molecule has 2 aliphatic heterocycles. The molecule has 3 heterocycles. The third-order valence-electron chi connectivity index (χ3n) is 7.98. The largest absolute Gasteiger partial charge is 0.369 e. The fourth-order valence-corrected chi connectivity index (χ4v) is 9.25. The number of hydrogen-bond donors (Lipinski definition) is 1. The van der Waals surface area contributed by atoms with Crippen molar-refractivity contribution in [2.45, 2.75) is 34.9 Å².